The molecule has 0 aliphatic carbocycles. The average molecular weight is 380 g/mol. The van der Waals surface area contributed by atoms with Crippen molar-refractivity contribution in [2.45, 2.75) is 27.3 Å². The van der Waals surface area contributed by atoms with Crippen molar-refractivity contribution in [3.8, 4) is 11.3 Å². The van der Waals surface area contributed by atoms with Gasteiger partial charge in [0.15, 0.2) is 5.76 Å². The summed E-state index contributed by atoms with van der Waals surface area (Å²) in [7, 11) is 0. The van der Waals surface area contributed by atoms with Gasteiger partial charge in [-0.2, -0.15) is 0 Å². The minimum absolute atomic E-state index is 0.243. The molecule has 1 aromatic heterocycles. The molecular weight excluding hydrogens is 353 g/mol. The fourth-order valence-electron chi connectivity index (χ4n) is 3.96. The Hall–Kier alpha value is -2.66. The van der Waals surface area contributed by atoms with E-state index in [1.54, 1.807) is 12.1 Å². The van der Waals surface area contributed by atoms with Crippen LogP contribution in [0.2, 0.25) is 0 Å². The fraction of sp³-hybridized carbons (Fsp3) is 0.348. The lowest BCUT2D eigenvalue weighted by atomic mass is 10.1. The smallest absolute Gasteiger partial charge is 0.170 e. The monoisotopic (exact) mass is 380 g/mol. The van der Waals surface area contributed by atoms with Crippen molar-refractivity contribution in [2.75, 3.05) is 31.1 Å². The quantitative estimate of drug-likeness (QED) is 0.754. The number of anilines is 1. The van der Waals surface area contributed by atoms with Crippen molar-refractivity contribution in [3.05, 3.63) is 70.7 Å². The maximum absolute atomic E-state index is 13.2. The maximum atomic E-state index is 13.2. The largest absolute Gasteiger partial charge is 0.360 e. The fourth-order valence-corrected chi connectivity index (χ4v) is 3.96. The van der Waals surface area contributed by atoms with E-state index in [9.17, 15) is 4.39 Å². The van der Waals surface area contributed by atoms with E-state index in [2.05, 4.69) is 42.1 Å². The first-order chi connectivity index (χ1) is 13.5. The number of halogens is 1. The lowest BCUT2D eigenvalue weighted by Crippen LogP contribution is -3.13. The molecule has 0 amide bonds. The van der Waals surface area contributed by atoms with Crippen LogP contribution < -0.4 is 9.80 Å². The molecule has 1 saturated heterocycles. The van der Waals surface area contributed by atoms with Crippen molar-refractivity contribution in [1.29, 1.82) is 0 Å². The van der Waals surface area contributed by atoms with Crippen LogP contribution in [0.5, 0.6) is 0 Å². The van der Waals surface area contributed by atoms with Gasteiger partial charge in [-0.3, -0.25) is 0 Å². The lowest BCUT2D eigenvalue weighted by Gasteiger charge is -2.34. The summed E-state index contributed by atoms with van der Waals surface area (Å²) >= 11 is 0. The molecule has 4 nitrogen and oxygen atoms in total. The van der Waals surface area contributed by atoms with Crippen LogP contribution in [0.1, 0.15) is 22.4 Å². The Morgan fingerprint density at radius 3 is 2.43 bits per heavy atom. The summed E-state index contributed by atoms with van der Waals surface area (Å²) in [5, 5.41) is 4.31. The molecule has 2 aromatic carbocycles. The third-order valence-corrected chi connectivity index (χ3v) is 5.93. The van der Waals surface area contributed by atoms with Gasteiger partial charge in [0, 0.05) is 16.8 Å². The molecule has 5 heteroatoms. The first kappa shape index (κ1) is 18.7. The third-order valence-electron chi connectivity index (χ3n) is 5.93. The molecule has 1 N–H and O–H groups in total. The second kappa shape index (κ2) is 7.76. The van der Waals surface area contributed by atoms with E-state index in [1.807, 2.05) is 6.92 Å². The molecule has 3 aromatic rings. The standard InChI is InChI=1S/C23H26FN3O/c1-16-5-4-6-22(17(16)2)27-13-11-26(12-14-27)15-21-18(3)23(28-25-21)19-7-9-20(24)10-8-19/h4-10H,11-15H2,1-3H3/p+1. The van der Waals surface area contributed by atoms with Crippen molar-refractivity contribution < 1.29 is 13.8 Å². The summed E-state index contributed by atoms with van der Waals surface area (Å²) in [4.78, 5) is 4.01. The van der Waals surface area contributed by atoms with Gasteiger partial charge in [0.25, 0.3) is 0 Å². The van der Waals surface area contributed by atoms with E-state index < -0.39 is 0 Å². The SMILES string of the molecule is Cc1cccc(N2CC[NH+](Cc3noc(-c4ccc(F)cc4)c3C)CC2)c1C. The number of piperazine rings is 1. The summed E-state index contributed by atoms with van der Waals surface area (Å²) in [6.07, 6.45) is 0. The molecular formula is C23H27FN3O+. The summed E-state index contributed by atoms with van der Waals surface area (Å²) in [5.41, 5.74) is 6.99. The van der Waals surface area contributed by atoms with Gasteiger partial charge >= 0.3 is 0 Å². The molecule has 0 atom stereocenters. The normalized spacial score (nSPS) is 15.2. The van der Waals surface area contributed by atoms with Crippen LogP contribution in [0.15, 0.2) is 47.0 Å². The molecule has 1 aliphatic rings. The number of hydrogen-bond acceptors (Lipinski definition) is 3. The zero-order chi connectivity index (χ0) is 19.7. The Bertz CT molecular complexity index is 956. The third kappa shape index (κ3) is 3.67. The van der Waals surface area contributed by atoms with Crippen molar-refractivity contribution in [2.24, 2.45) is 0 Å². The molecule has 0 spiro atoms. The van der Waals surface area contributed by atoms with E-state index in [0.717, 1.165) is 55.3 Å². The maximum Gasteiger partial charge on any atom is 0.170 e. The predicted octanol–water partition coefficient (Wildman–Crippen LogP) is 3.31. The van der Waals surface area contributed by atoms with Gasteiger partial charge < -0.3 is 14.3 Å². The Labute approximate surface area is 165 Å². The van der Waals surface area contributed by atoms with Crippen LogP contribution in [0, 0.1) is 26.6 Å². The second-order valence-electron chi connectivity index (χ2n) is 7.72. The van der Waals surface area contributed by atoms with E-state index in [0.29, 0.717) is 0 Å². The number of nitrogens with zero attached hydrogens (tertiary/aromatic N) is 2. The summed E-state index contributed by atoms with van der Waals surface area (Å²) in [6.45, 7) is 11.5. The lowest BCUT2D eigenvalue weighted by molar-refractivity contribution is -0.914. The van der Waals surface area contributed by atoms with Gasteiger partial charge in [-0.15, -0.1) is 0 Å². The van der Waals surface area contributed by atoms with Crippen LogP contribution in [-0.4, -0.2) is 31.3 Å². The highest BCUT2D eigenvalue weighted by atomic mass is 19.1. The van der Waals surface area contributed by atoms with Gasteiger partial charge in [0.05, 0.1) is 26.2 Å². The number of hydrogen-bond donors (Lipinski definition) is 1. The molecule has 0 bridgehead atoms. The Morgan fingerprint density at radius 2 is 1.71 bits per heavy atom. The number of aromatic nitrogens is 1. The van der Waals surface area contributed by atoms with Gasteiger partial charge in [-0.25, -0.2) is 4.39 Å². The van der Waals surface area contributed by atoms with Crippen LogP contribution >= 0.6 is 0 Å². The Balaban J connectivity index is 1.41. The number of benzene rings is 2. The molecule has 0 radical (unpaired) electrons. The van der Waals surface area contributed by atoms with Gasteiger partial charge in [-0.05, 0) is 62.2 Å². The molecule has 0 saturated carbocycles. The first-order valence-corrected chi connectivity index (χ1v) is 9.88. The first-order valence-electron chi connectivity index (χ1n) is 9.88. The predicted molar refractivity (Wildman–Crippen MR) is 109 cm³/mol. The van der Waals surface area contributed by atoms with Crippen molar-refractivity contribution in [1.82, 2.24) is 5.16 Å². The van der Waals surface area contributed by atoms with Crippen LogP contribution in [-0.2, 0) is 6.54 Å². The molecule has 0 unspecified atom stereocenters. The number of quaternary nitrogens is 1. The zero-order valence-electron chi connectivity index (χ0n) is 16.8. The highest BCUT2D eigenvalue weighted by Crippen LogP contribution is 2.26. The summed E-state index contributed by atoms with van der Waals surface area (Å²) in [5.74, 6) is 0.496. The van der Waals surface area contributed by atoms with Crippen molar-refractivity contribution >= 4 is 5.69 Å². The van der Waals surface area contributed by atoms with Crippen LogP contribution in [0.25, 0.3) is 11.3 Å². The molecule has 1 fully saturated rings. The van der Waals surface area contributed by atoms with Gasteiger partial charge in [0.2, 0.25) is 0 Å². The minimum Gasteiger partial charge on any atom is -0.360 e. The van der Waals surface area contributed by atoms with E-state index in [4.69, 9.17) is 4.52 Å². The zero-order valence-corrected chi connectivity index (χ0v) is 16.8. The van der Waals surface area contributed by atoms with Crippen LogP contribution in [0.3, 0.4) is 0 Å². The minimum atomic E-state index is -0.243. The molecule has 146 valence electrons. The van der Waals surface area contributed by atoms with E-state index in [-0.39, 0.29) is 5.82 Å². The van der Waals surface area contributed by atoms with Gasteiger partial charge in [0.1, 0.15) is 18.1 Å². The van der Waals surface area contributed by atoms with Crippen LogP contribution in [0.4, 0.5) is 10.1 Å². The molecule has 4 rings (SSSR count). The van der Waals surface area contributed by atoms with E-state index in [1.165, 1.54) is 33.8 Å². The molecule has 28 heavy (non-hydrogen) atoms. The summed E-state index contributed by atoms with van der Waals surface area (Å²) < 4.78 is 18.8. The number of nitrogens with one attached hydrogen (secondary N) is 1. The highest BCUT2D eigenvalue weighted by molar-refractivity contribution is 5.61. The Kier molecular flexibility index (Phi) is 5.18. The van der Waals surface area contributed by atoms with E-state index >= 15 is 0 Å². The average Bonchev–Trinajstić information content (AvgIpc) is 3.06. The van der Waals surface area contributed by atoms with Crippen molar-refractivity contribution in [3.63, 3.8) is 0 Å². The Morgan fingerprint density at radius 1 is 1.00 bits per heavy atom. The number of rotatable bonds is 4. The highest BCUT2D eigenvalue weighted by Gasteiger charge is 2.24. The number of aryl methyl sites for hydroxylation is 1. The molecule has 1 aliphatic heterocycles. The second-order valence-corrected chi connectivity index (χ2v) is 7.72. The summed E-state index contributed by atoms with van der Waals surface area (Å²) in [6, 6.07) is 12.9. The molecule has 2 heterocycles. The van der Waals surface area contributed by atoms with Gasteiger partial charge in [-0.1, -0.05) is 17.3 Å². The topological polar surface area (TPSA) is 33.7 Å².